The van der Waals surface area contributed by atoms with E-state index in [1.54, 1.807) is 12.5 Å². The largest absolute Gasteiger partial charge is 0.472 e. The topological polar surface area (TPSA) is 25.5 Å². The first-order valence-electron chi connectivity index (χ1n) is 4.55. The van der Waals surface area contributed by atoms with Crippen LogP contribution < -0.4 is 0 Å². The summed E-state index contributed by atoms with van der Waals surface area (Å²) in [4.78, 5) is 4.47. The lowest BCUT2D eigenvalue weighted by Crippen LogP contribution is -1.97. The standard InChI is InChI=1S/C11H13NO/c1-9-3-2-4-10(7-12-9)11-5-6-13-8-11/h2,4-6,8,10H,3,7H2,1H3. The Kier molecular flexibility index (Phi) is 2.30. The number of aliphatic imine (C=N–C) groups is 1. The third-order valence-electron chi connectivity index (χ3n) is 2.31. The van der Waals surface area contributed by atoms with Crippen LogP contribution in [0.1, 0.15) is 24.8 Å². The van der Waals surface area contributed by atoms with E-state index in [0.29, 0.717) is 5.92 Å². The molecule has 13 heavy (non-hydrogen) atoms. The number of hydrogen-bond donors (Lipinski definition) is 0. The second kappa shape index (κ2) is 3.60. The molecule has 1 aliphatic rings. The van der Waals surface area contributed by atoms with Crippen LogP contribution in [0.5, 0.6) is 0 Å². The van der Waals surface area contributed by atoms with Gasteiger partial charge < -0.3 is 4.42 Å². The smallest absolute Gasteiger partial charge is 0.0941 e. The third-order valence-corrected chi connectivity index (χ3v) is 2.31. The van der Waals surface area contributed by atoms with Crippen LogP contribution in [0.25, 0.3) is 0 Å². The third kappa shape index (κ3) is 1.89. The summed E-state index contributed by atoms with van der Waals surface area (Å²) in [7, 11) is 0. The molecule has 0 spiro atoms. The Morgan fingerprint density at radius 1 is 1.54 bits per heavy atom. The molecule has 1 aromatic heterocycles. The first-order valence-corrected chi connectivity index (χ1v) is 4.55. The molecule has 2 nitrogen and oxygen atoms in total. The zero-order chi connectivity index (χ0) is 9.10. The molecule has 1 unspecified atom stereocenters. The summed E-state index contributed by atoms with van der Waals surface area (Å²) in [6, 6.07) is 2.01. The van der Waals surface area contributed by atoms with Crippen LogP contribution in [-0.4, -0.2) is 12.3 Å². The van der Waals surface area contributed by atoms with E-state index in [4.69, 9.17) is 4.42 Å². The Balaban J connectivity index is 2.18. The second-order valence-corrected chi connectivity index (χ2v) is 3.37. The molecule has 1 aromatic rings. The number of hydrogen-bond acceptors (Lipinski definition) is 2. The molecule has 2 heteroatoms. The SMILES string of the molecule is CC1=NCC(c2ccoc2)C=CC1. The monoisotopic (exact) mass is 175 g/mol. The Bertz CT molecular complexity index is 322. The van der Waals surface area contributed by atoms with Crippen LogP contribution >= 0.6 is 0 Å². The van der Waals surface area contributed by atoms with E-state index >= 15 is 0 Å². The highest BCUT2D eigenvalue weighted by atomic mass is 16.3. The van der Waals surface area contributed by atoms with Gasteiger partial charge >= 0.3 is 0 Å². The zero-order valence-electron chi connectivity index (χ0n) is 7.73. The van der Waals surface area contributed by atoms with E-state index in [-0.39, 0.29) is 0 Å². The molecule has 0 aromatic carbocycles. The molecule has 0 saturated heterocycles. The summed E-state index contributed by atoms with van der Waals surface area (Å²) < 4.78 is 5.05. The van der Waals surface area contributed by atoms with Gasteiger partial charge in [-0.2, -0.15) is 0 Å². The summed E-state index contributed by atoms with van der Waals surface area (Å²) in [5.41, 5.74) is 2.43. The lowest BCUT2D eigenvalue weighted by Gasteiger charge is -2.04. The summed E-state index contributed by atoms with van der Waals surface area (Å²) in [6.07, 6.45) is 8.89. The molecule has 0 N–H and O–H groups in total. The molecule has 68 valence electrons. The molecule has 2 heterocycles. The molecule has 1 aliphatic heterocycles. The van der Waals surface area contributed by atoms with Gasteiger partial charge in [0.2, 0.25) is 0 Å². The van der Waals surface area contributed by atoms with Gasteiger partial charge in [0.15, 0.2) is 0 Å². The normalized spacial score (nSPS) is 22.5. The minimum atomic E-state index is 0.399. The quantitative estimate of drug-likeness (QED) is 0.602. The lowest BCUT2D eigenvalue weighted by atomic mass is 10.0. The Labute approximate surface area is 78.0 Å². The molecule has 0 saturated carbocycles. The average Bonchev–Trinajstić information content (AvgIpc) is 2.56. The van der Waals surface area contributed by atoms with Gasteiger partial charge in [-0.15, -0.1) is 0 Å². The fourth-order valence-electron chi connectivity index (χ4n) is 1.48. The maximum atomic E-state index is 5.05. The summed E-state index contributed by atoms with van der Waals surface area (Å²) in [5.74, 6) is 0.399. The molecule has 1 atom stereocenters. The Morgan fingerprint density at radius 2 is 2.46 bits per heavy atom. The Morgan fingerprint density at radius 3 is 3.23 bits per heavy atom. The predicted octanol–water partition coefficient (Wildman–Crippen LogP) is 2.78. The van der Waals surface area contributed by atoms with Crippen molar-refractivity contribution in [1.29, 1.82) is 0 Å². The van der Waals surface area contributed by atoms with Gasteiger partial charge in [0.25, 0.3) is 0 Å². The van der Waals surface area contributed by atoms with Gasteiger partial charge in [0, 0.05) is 24.6 Å². The maximum absolute atomic E-state index is 5.05. The van der Waals surface area contributed by atoms with E-state index in [1.165, 1.54) is 11.3 Å². The molecule has 0 bridgehead atoms. The van der Waals surface area contributed by atoms with Crippen molar-refractivity contribution in [2.24, 2.45) is 4.99 Å². The van der Waals surface area contributed by atoms with E-state index in [1.807, 2.05) is 6.07 Å². The highest BCUT2D eigenvalue weighted by molar-refractivity contribution is 5.83. The van der Waals surface area contributed by atoms with Crippen molar-refractivity contribution < 1.29 is 4.42 Å². The molecule has 0 radical (unpaired) electrons. The summed E-state index contributed by atoms with van der Waals surface area (Å²) >= 11 is 0. The van der Waals surface area contributed by atoms with Crippen molar-refractivity contribution in [3.8, 4) is 0 Å². The second-order valence-electron chi connectivity index (χ2n) is 3.37. The number of nitrogens with zero attached hydrogens (tertiary/aromatic N) is 1. The maximum Gasteiger partial charge on any atom is 0.0941 e. The van der Waals surface area contributed by atoms with Crippen molar-refractivity contribution in [3.63, 3.8) is 0 Å². The van der Waals surface area contributed by atoms with Gasteiger partial charge in [0.1, 0.15) is 0 Å². The van der Waals surface area contributed by atoms with E-state index < -0.39 is 0 Å². The minimum absolute atomic E-state index is 0.399. The fourth-order valence-corrected chi connectivity index (χ4v) is 1.48. The van der Waals surface area contributed by atoms with E-state index in [2.05, 4.69) is 24.1 Å². The van der Waals surface area contributed by atoms with Crippen molar-refractivity contribution in [2.75, 3.05) is 6.54 Å². The molecular weight excluding hydrogens is 162 g/mol. The molecule has 0 fully saturated rings. The number of allylic oxidation sites excluding steroid dienone is 1. The Hall–Kier alpha value is -1.31. The van der Waals surface area contributed by atoms with Crippen LogP contribution in [0.15, 0.2) is 40.2 Å². The van der Waals surface area contributed by atoms with Gasteiger partial charge in [-0.25, -0.2) is 0 Å². The fraction of sp³-hybridized carbons (Fsp3) is 0.364. The van der Waals surface area contributed by atoms with E-state index in [9.17, 15) is 0 Å². The van der Waals surface area contributed by atoms with Gasteiger partial charge in [0.05, 0.1) is 12.5 Å². The van der Waals surface area contributed by atoms with Crippen molar-refractivity contribution >= 4 is 5.71 Å². The number of furan rings is 1. The van der Waals surface area contributed by atoms with Crippen LogP contribution in [-0.2, 0) is 0 Å². The van der Waals surface area contributed by atoms with Gasteiger partial charge in [-0.05, 0) is 18.6 Å². The van der Waals surface area contributed by atoms with Crippen LogP contribution in [0, 0.1) is 0 Å². The first-order chi connectivity index (χ1) is 6.36. The zero-order valence-corrected chi connectivity index (χ0v) is 7.73. The van der Waals surface area contributed by atoms with Gasteiger partial charge in [-0.1, -0.05) is 12.2 Å². The first kappa shape index (κ1) is 8.30. The molecular formula is C11H13NO. The van der Waals surface area contributed by atoms with Crippen LogP contribution in [0.4, 0.5) is 0 Å². The highest BCUT2D eigenvalue weighted by Crippen LogP contribution is 2.20. The summed E-state index contributed by atoms with van der Waals surface area (Å²) in [5, 5.41) is 0. The minimum Gasteiger partial charge on any atom is -0.472 e. The van der Waals surface area contributed by atoms with Crippen molar-refractivity contribution in [3.05, 3.63) is 36.3 Å². The average molecular weight is 175 g/mol. The molecule has 0 amide bonds. The molecule has 2 rings (SSSR count). The van der Waals surface area contributed by atoms with Crippen molar-refractivity contribution in [2.45, 2.75) is 19.3 Å². The molecule has 0 aliphatic carbocycles. The van der Waals surface area contributed by atoms with E-state index in [0.717, 1.165) is 13.0 Å². The lowest BCUT2D eigenvalue weighted by molar-refractivity contribution is 0.562. The predicted molar refractivity (Wildman–Crippen MR) is 53.2 cm³/mol. The summed E-state index contributed by atoms with van der Waals surface area (Å²) in [6.45, 7) is 2.92. The van der Waals surface area contributed by atoms with Gasteiger partial charge in [-0.3, -0.25) is 4.99 Å². The highest BCUT2D eigenvalue weighted by Gasteiger charge is 2.10. The number of rotatable bonds is 1. The van der Waals surface area contributed by atoms with Crippen molar-refractivity contribution in [1.82, 2.24) is 0 Å². The van der Waals surface area contributed by atoms with Crippen LogP contribution in [0.3, 0.4) is 0 Å². The van der Waals surface area contributed by atoms with Crippen LogP contribution in [0.2, 0.25) is 0 Å².